The second-order valence-corrected chi connectivity index (χ2v) is 7.69. The van der Waals surface area contributed by atoms with Gasteiger partial charge < -0.3 is 24.3 Å². The van der Waals surface area contributed by atoms with Crippen LogP contribution in [-0.4, -0.2) is 39.0 Å². The second-order valence-electron chi connectivity index (χ2n) is 6.86. The Balaban J connectivity index is 2.21. The van der Waals surface area contributed by atoms with Gasteiger partial charge in [0.25, 0.3) is 0 Å². The number of allylic oxidation sites excluding steroid dienone is 1. The number of anilines is 1. The molecular weight excluding hydrogens is 452 g/mol. The van der Waals surface area contributed by atoms with Gasteiger partial charge in [-0.25, -0.2) is 4.79 Å². The maximum absolute atomic E-state index is 13.1. The van der Waals surface area contributed by atoms with Crippen molar-refractivity contribution in [2.45, 2.75) is 19.9 Å². The molecule has 0 aliphatic carbocycles. The van der Waals surface area contributed by atoms with Crippen molar-refractivity contribution in [3.8, 4) is 17.2 Å². The van der Waals surface area contributed by atoms with Crippen molar-refractivity contribution in [1.29, 1.82) is 0 Å². The van der Waals surface area contributed by atoms with Crippen molar-refractivity contribution in [1.82, 2.24) is 5.32 Å². The first-order valence-corrected chi connectivity index (χ1v) is 10.7. The SMILES string of the molecule is CCOC(=O)C1=C(C)N(c2ccc(Cl)cc2)C(=S)NC1c1cc(OC)c(OC)cc1OC. The quantitative estimate of drug-likeness (QED) is 0.458. The molecule has 0 amide bonds. The van der Waals surface area contributed by atoms with E-state index in [1.54, 1.807) is 57.4 Å². The van der Waals surface area contributed by atoms with Gasteiger partial charge in [0.15, 0.2) is 16.6 Å². The summed E-state index contributed by atoms with van der Waals surface area (Å²) in [7, 11) is 4.64. The molecule has 3 rings (SSSR count). The zero-order chi connectivity index (χ0) is 23.4. The molecule has 170 valence electrons. The number of carbonyl (C=O) groups is 1. The summed E-state index contributed by atoms with van der Waals surface area (Å²) in [5.41, 5.74) is 2.46. The van der Waals surface area contributed by atoms with Crippen LogP contribution in [0.2, 0.25) is 5.02 Å². The van der Waals surface area contributed by atoms with Gasteiger partial charge in [0.2, 0.25) is 0 Å². The Morgan fingerprint density at radius 1 is 1.06 bits per heavy atom. The maximum Gasteiger partial charge on any atom is 0.338 e. The minimum atomic E-state index is -0.625. The van der Waals surface area contributed by atoms with Gasteiger partial charge in [-0.2, -0.15) is 0 Å². The Kier molecular flexibility index (Phi) is 7.48. The fraction of sp³-hybridized carbons (Fsp3) is 0.304. The Hall–Kier alpha value is -2.97. The number of esters is 1. The fourth-order valence-corrected chi connectivity index (χ4v) is 4.12. The molecule has 0 aromatic heterocycles. The molecule has 2 aromatic rings. The van der Waals surface area contributed by atoms with Crippen LogP contribution in [0.5, 0.6) is 17.2 Å². The molecule has 0 saturated heterocycles. The smallest absolute Gasteiger partial charge is 0.338 e. The number of hydrogen-bond acceptors (Lipinski definition) is 6. The van der Waals surface area contributed by atoms with Crippen LogP contribution >= 0.6 is 23.8 Å². The lowest BCUT2D eigenvalue weighted by atomic mass is 9.93. The lowest BCUT2D eigenvalue weighted by molar-refractivity contribution is -0.139. The second kappa shape index (κ2) is 10.1. The van der Waals surface area contributed by atoms with Crippen LogP contribution in [0, 0.1) is 0 Å². The van der Waals surface area contributed by atoms with Gasteiger partial charge in [-0.05, 0) is 56.4 Å². The molecule has 0 radical (unpaired) electrons. The summed E-state index contributed by atoms with van der Waals surface area (Å²) in [5, 5.41) is 4.29. The number of nitrogens with zero attached hydrogens (tertiary/aromatic N) is 1. The molecule has 1 atom stereocenters. The van der Waals surface area contributed by atoms with Crippen LogP contribution in [0.3, 0.4) is 0 Å². The largest absolute Gasteiger partial charge is 0.496 e. The number of nitrogens with one attached hydrogen (secondary N) is 1. The zero-order valence-corrected chi connectivity index (χ0v) is 20.1. The van der Waals surface area contributed by atoms with E-state index in [0.717, 1.165) is 5.69 Å². The van der Waals surface area contributed by atoms with Crippen LogP contribution in [0.4, 0.5) is 5.69 Å². The topological polar surface area (TPSA) is 69.3 Å². The average molecular weight is 477 g/mol. The summed E-state index contributed by atoms with van der Waals surface area (Å²) in [6.45, 7) is 3.82. The zero-order valence-electron chi connectivity index (χ0n) is 18.5. The monoisotopic (exact) mass is 476 g/mol. The third-order valence-electron chi connectivity index (χ3n) is 5.11. The molecule has 1 heterocycles. The molecule has 0 saturated carbocycles. The van der Waals surface area contributed by atoms with E-state index >= 15 is 0 Å². The summed E-state index contributed by atoms with van der Waals surface area (Å²) in [5.74, 6) is 1.06. The third-order valence-corrected chi connectivity index (χ3v) is 5.66. The molecule has 7 nitrogen and oxygen atoms in total. The number of carbonyl (C=O) groups excluding carboxylic acids is 1. The Morgan fingerprint density at radius 2 is 1.66 bits per heavy atom. The summed E-state index contributed by atoms with van der Waals surface area (Å²) in [6, 6.07) is 10.0. The van der Waals surface area contributed by atoms with Crippen molar-refractivity contribution in [3.63, 3.8) is 0 Å². The molecule has 0 fully saturated rings. The minimum absolute atomic E-state index is 0.233. The number of benzene rings is 2. The van der Waals surface area contributed by atoms with E-state index in [1.807, 2.05) is 19.1 Å². The van der Waals surface area contributed by atoms with Crippen LogP contribution in [-0.2, 0) is 9.53 Å². The van der Waals surface area contributed by atoms with Gasteiger partial charge in [0.05, 0.1) is 39.6 Å². The van der Waals surface area contributed by atoms with Gasteiger partial charge in [-0.3, -0.25) is 4.90 Å². The molecule has 1 N–H and O–H groups in total. The Bertz CT molecular complexity index is 1060. The van der Waals surface area contributed by atoms with Crippen LogP contribution < -0.4 is 24.4 Å². The lowest BCUT2D eigenvalue weighted by Gasteiger charge is -2.38. The molecule has 32 heavy (non-hydrogen) atoms. The first-order valence-electron chi connectivity index (χ1n) is 9.90. The highest BCUT2D eigenvalue weighted by molar-refractivity contribution is 7.80. The summed E-state index contributed by atoms with van der Waals surface area (Å²) in [4.78, 5) is 14.9. The van der Waals surface area contributed by atoms with E-state index in [1.165, 1.54) is 0 Å². The molecule has 0 bridgehead atoms. The molecular formula is C23H25ClN2O5S. The van der Waals surface area contributed by atoms with E-state index in [4.69, 9.17) is 42.8 Å². The van der Waals surface area contributed by atoms with Gasteiger partial charge >= 0.3 is 5.97 Å². The highest BCUT2D eigenvalue weighted by Gasteiger charge is 2.37. The van der Waals surface area contributed by atoms with Crippen molar-refractivity contribution in [2.24, 2.45) is 0 Å². The van der Waals surface area contributed by atoms with Gasteiger partial charge in [0.1, 0.15) is 5.75 Å². The molecule has 0 spiro atoms. The first kappa shape index (κ1) is 23.7. The molecule has 9 heteroatoms. The van der Waals surface area contributed by atoms with Crippen molar-refractivity contribution in [3.05, 3.63) is 58.3 Å². The summed E-state index contributed by atoms with van der Waals surface area (Å²) in [6.07, 6.45) is 0. The number of methoxy groups -OCH3 is 3. The van der Waals surface area contributed by atoms with Crippen molar-refractivity contribution < 1.29 is 23.7 Å². The highest BCUT2D eigenvalue weighted by Crippen LogP contribution is 2.42. The highest BCUT2D eigenvalue weighted by atomic mass is 35.5. The lowest BCUT2D eigenvalue weighted by Crippen LogP contribution is -2.48. The first-order chi connectivity index (χ1) is 15.4. The number of rotatable bonds is 7. The van der Waals surface area contributed by atoms with Crippen LogP contribution in [0.25, 0.3) is 0 Å². The van der Waals surface area contributed by atoms with Gasteiger partial charge in [-0.15, -0.1) is 0 Å². The van der Waals surface area contributed by atoms with Gasteiger partial charge in [-0.1, -0.05) is 11.6 Å². The summed E-state index contributed by atoms with van der Waals surface area (Å²) < 4.78 is 21.9. The standard InChI is InChI=1S/C23H25ClN2O5S/c1-6-31-22(27)20-13(2)26(15-9-7-14(24)8-10-15)23(32)25-21(20)16-11-18(29-4)19(30-5)12-17(16)28-3/h7-12,21H,6H2,1-5H3,(H,25,32). The van der Waals surface area contributed by atoms with Crippen molar-refractivity contribution >= 4 is 40.6 Å². The van der Waals surface area contributed by atoms with Gasteiger partial charge in [0, 0.05) is 28.0 Å². The van der Waals surface area contributed by atoms with E-state index in [9.17, 15) is 4.79 Å². The Labute approximate surface area is 197 Å². The minimum Gasteiger partial charge on any atom is -0.496 e. The van der Waals surface area contributed by atoms with E-state index in [-0.39, 0.29) is 6.61 Å². The summed E-state index contributed by atoms with van der Waals surface area (Å²) >= 11 is 11.7. The normalized spacial score (nSPS) is 15.9. The molecule has 2 aromatic carbocycles. The molecule has 1 unspecified atom stereocenters. The van der Waals surface area contributed by atoms with Crippen molar-refractivity contribution in [2.75, 3.05) is 32.8 Å². The predicted octanol–water partition coefficient (Wildman–Crippen LogP) is 4.64. The van der Waals surface area contributed by atoms with E-state index in [2.05, 4.69) is 5.32 Å². The Morgan fingerprint density at radius 3 is 2.22 bits per heavy atom. The number of halogens is 1. The number of hydrogen-bond donors (Lipinski definition) is 1. The maximum atomic E-state index is 13.1. The average Bonchev–Trinajstić information content (AvgIpc) is 2.79. The molecule has 1 aliphatic heterocycles. The third kappa shape index (κ3) is 4.47. The fourth-order valence-electron chi connectivity index (χ4n) is 3.63. The number of thiocarbonyl (C=S) groups is 1. The van der Waals surface area contributed by atoms with E-state index < -0.39 is 12.0 Å². The van der Waals surface area contributed by atoms with Crippen LogP contribution in [0.1, 0.15) is 25.5 Å². The number of ether oxygens (including phenoxy) is 4. The van der Waals surface area contributed by atoms with E-state index in [0.29, 0.717) is 44.2 Å². The van der Waals surface area contributed by atoms with Crippen LogP contribution in [0.15, 0.2) is 47.7 Å². The molecule has 1 aliphatic rings. The predicted molar refractivity (Wildman–Crippen MR) is 128 cm³/mol.